The highest BCUT2D eigenvalue weighted by molar-refractivity contribution is 6.09. The predicted molar refractivity (Wildman–Crippen MR) is 163 cm³/mol. The van der Waals surface area contributed by atoms with Crippen LogP contribution < -0.4 is 0 Å². The number of unbranched alkanes of at least 4 members (excludes halogenated alkanes) is 5. The lowest BCUT2D eigenvalue weighted by atomic mass is 9.80. The van der Waals surface area contributed by atoms with Crippen LogP contribution in [0.2, 0.25) is 0 Å². The van der Waals surface area contributed by atoms with Gasteiger partial charge in [0, 0.05) is 35.6 Å². The molecule has 4 rings (SSSR count). The molecule has 1 N–H and O–H groups in total. The third kappa shape index (κ3) is 6.34. The van der Waals surface area contributed by atoms with E-state index < -0.39 is 5.97 Å². The zero-order valence-electron chi connectivity index (χ0n) is 24.5. The number of fused-ring (bicyclic) bond motifs is 2. The van der Waals surface area contributed by atoms with Crippen LogP contribution in [0, 0.1) is 5.41 Å². The Balaban J connectivity index is 1.49. The second-order valence-corrected chi connectivity index (χ2v) is 12.0. The van der Waals surface area contributed by atoms with Gasteiger partial charge in [-0.05, 0) is 55.0 Å². The summed E-state index contributed by atoms with van der Waals surface area (Å²) in [5.74, 6) is 0.380. The molecule has 1 aromatic rings. The molecule has 3 aliphatic rings. The number of carboxylic acid groups (broad SMARTS) is 1. The molecular formula is C34H45N3O2. The Hall–Kier alpha value is -3.21. The normalized spacial score (nSPS) is 19.8. The number of aliphatic imine (C=N–C) groups is 2. The minimum atomic E-state index is -0.715. The molecule has 5 nitrogen and oxygen atoms in total. The van der Waals surface area contributed by atoms with Crippen LogP contribution >= 0.6 is 0 Å². The molecule has 0 unspecified atom stereocenters. The van der Waals surface area contributed by atoms with Gasteiger partial charge in [-0.2, -0.15) is 0 Å². The van der Waals surface area contributed by atoms with Gasteiger partial charge in [0.05, 0.1) is 17.1 Å². The van der Waals surface area contributed by atoms with Crippen LogP contribution in [0.1, 0.15) is 97.1 Å². The van der Waals surface area contributed by atoms with Crippen LogP contribution in [0.5, 0.6) is 0 Å². The number of carbonyl (C=O) groups is 1. The summed E-state index contributed by atoms with van der Waals surface area (Å²) in [5.41, 5.74) is 6.73. The lowest BCUT2D eigenvalue weighted by molar-refractivity contribution is -0.137. The summed E-state index contributed by atoms with van der Waals surface area (Å²) in [6.07, 6.45) is 21.7. The number of hydrogen-bond donors (Lipinski definition) is 1. The van der Waals surface area contributed by atoms with E-state index in [4.69, 9.17) is 15.1 Å². The first-order valence-electron chi connectivity index (χ1n) is 14.7. The van der Waals surface area contributed by atoms with E-state index in [0.29, 0.717) is 0 Å². The smallest absolute Gasteiger partial charge is 0.303 e. The molecule has 0 bridgehead atoms. The standard InChI is InChI=1S/C34H45N3O2/c1-6-7-8-12-23-37-24-15-19-27-32(37)36-29(34(27,4)5)21-14-20-28-33(2,3)26-18-13-17-25(31(26)35-28)16-10-9-11-22-30(38)39/h13-15,17-21,24H,6-12,16,22-23H2,1-5H3,(H,38,39)/b20-14+,29-21+. The van der Waals surface area contributed by atoms with Crippen molar-refractivity contribution in [2.45, 2.75) is 97.8 Å². The van der Waals surface area contributed by atoms with Crippen molar-refractivity contribution in [1.82, 2.24) is 4.90 Å². The molecule has 0 atom stereocenters. The van der Waals surface area contributed by atoms with Crippen LogP contribution in [-0.4, -0.2) is 34.1 Å². The molecule has 0 amide bonds. The molecule has 0 aliphatic carbocycles. The summed E-state index contributed by atoms with van der Waals surface area (Å²) in [6.45, 7) is 12.3. The fourth-order valence-electron chi connectivity index (χ4n) is 5.75. The lowest BCUT2D eigenvalue weighted by Gasteiger charge is -2.28. The van der Waals surface area contributed by atoms with E-state index in [1.54, 1.807) is 0 Å². The third-order valence-electron chi connectivity index (χ3n) is 8.34. The monoisotopic (exact) mass is 527 g/mol. The second kappa shape index (κ2) is 12.3. The summed E-state index contributed by atoms with van der Waals surface area (Å²) >= 11 is 0. The van der Waals surface area contributed by atoms with E-state index in [1.807, 2.05) is 0 Å². The van der Waals surface area contributed by atoms with Gasteiger partial charge in [-0.15, -0.1) is 0 Å². The first-order chi connectivity index (χ1) is 18.7. The fraction of sp³-hybridized carbons (Fsp3) is 0.500. The molecular weight excluding hydrogens is 482 g/mol. The Labute approximate surface area is 234 Å². The average molecular weight is 528 g/mol. The highest BCUT2D eigenvalue weighted by Crippen LogP contribution is 2.45. The highest BCUT2D eigenvalue weighted by atomic mass is 16.4. The van der Waals surface area contributed by atoms with Gasteiger partial charge in [0.1, 0.15) is 5.84 Å². The van der Waals surface area contributed by atoms with Crippen molar-refractivity contribution in [2.75, 3.05) is 6.54 Å². The molecule has 3 aliphatic heterocycles. The van der Waals surface area contributed by atoms with Gasteiger partial charge in [-0.1, -0.05) is 90.7 Å². The number of rotatable bonds is 13. The second-order valence-electron chi connectivity index (χ2n) is 12.0. The van der Waals surface area contributed by atoms with Crippen molar-refractivity contribution in [3.63, 3.8) is 0 Å². The van der Waals surface area contributed by atoms with Gasteiger partial charge in [-0.3, -0.25) is 9.79 Å². The van der Waals surface area contributed by atoms with Crippen molar-refractivity contribution in [2.24, 2.45) is 15.4 Å². The molecule has 0 aromatic heterocycles. The van der Waals surface area contributed by atoms with Gasteiger partial charge < -0.3 is 10.0 Å². The number of para-hydroxylation sites is 1. The summed E-state index contributed by atoms with van der Waals surface area (Å²) < 4.78 is 0. The molecule has 0 saturated carbocycles. The SMILES string of the molecule is CCCCCCN1C=CC=C2C1=N/C(=C/C=C/C1=Nc3c(CCCCCC(=O)O)cccc3C1(C)C)C2(C)C. The van der Waals surface area contributed by atoms with Crippen LogP contribution in [0.25, 0.3) is 0 Å². The van der Waals surface area contributed by atoms with E-state index in [-0.39, 0.29) is 17.3 Å². The van der Waals surface area contributed by atoms with Gasteiger partial charge in [0.25, 0.3) is 0 Å². The molecule has 208 valence electrons. The van der Waals surface area contributed by atoms with E-state index >= 15 is 0 Å². The van der Waals surface area contributed by atoms with E-state index in [2.05, 4.69) is 94.3 Å². The van der Waals surface area contributed by atoms with E-state index in [0.717, 1.165) is 55.2 Å². The number of allylic oxidation sites excluding steroid dienone is 6. The average Bonchev–Trinajstić information content (AvgIpc) is 3.31. The summed E-state index contributed by atoms with van der Waals surface area (Å²) in [4.78, 5) is 23.3. The van der Waals surface area contributed by atoms with Gasteiger partial charge >= 0.3 is 5.97 Å². The summed E-state index contributed by atoms with van der Waals surface area (Å²) in [5, 5.41) is 8.88. The Morgan fingerprint density at radius 3 is 2.56 bits per heavy atom. The minimum Gasteiger partial charge on any atom is -0.481 e. The maximum Gasteiger partial charge on any atom is 0.303 e. The largest absolute Gasteiger partial charge is 0.481 e. The van der Waals surface area contributed by atoms with Crippen LogP contribution in [0.4, 0.5) is 5.69 Å². The number of benzene rings is 1. The molecule has 3 heterocycles. The van der Waals surface area contributed by atoms with Crippen molar-refractivity contribution in [3.05, 3.63) is 77.2 Å². The van der Waals surface area contributed by atoms with Gasteiger partial charge in [-0.25, -0.2) is 4.99 Å². The number of aliphatic carboxylic acids is 1. The zero-order valence-corrected chi connectivity index (χ0v) is 24.5. The van der Waals surface area contributed by atoms with Crippen LogP contribution in [0.3, 0.4) is 0 Å². The van der Waals surface area contributed by atoms with Crippen molar-refractivity contribution in [3.8, 4) is 0 Å². The molecule has 0 fully saturated rings. The Bertz CT molecular complexity index is 1260. The molecule has 1 aromatic carbocycles. The Kier molecular flexibility index (Phi) is 9.09. The zero-order chi connectivity index (χ0) is 28.0. The Morgan fingerprint density at radius 2 is 1.79 bits per heavy atom. The lowest BCUT2D eigenvalue weighted by Crippen LogP contribution is -2.31. The third-order valence-corrected chi connectivity index (χ3v) is 8.34. The van der Waals surface area contributed by atoms with Crippen molar-refractivity contribution >= 4 is 23.2 Å². The maximum absolute atomic E-state index is 10.8. The van der Waals surface area contributed by atoms with Crippen LogP contribution in [-0.2, 0) is 16.6 Å². The fourth-order valence-corrected chi connectivity index (χ4v) is 5.75. The minimum absolute atomic E-state index is 0.143. The number of aryl methyl sites for hydroxylation is 1. The number of nitrogens with zero attached hydrogens (tertiary/aromatic N) is 3. The maximum atomic E-state index is 10.8. The molecule has 0 spiro atoms. The molecule has 39 heavy (non-hydrogen) atoms. The summed E-state index contributed by atoms with van der Waals surface area (Å²) in [6, 6.07) is 6.49. The number of hydrogen-bond acceptors (Lipinski definition) is 4. The number of amidine groups is 1. The summed E-state index contributed by atoms with van der Waals surface area (Å²) in [7, 11) is 0. The van der Waals surface area contributed by atoms with Gasteiger partial charge in [0.2, 0.25) is 0 Å². The predicted octanol–water partition coefficient (Wildman–Crippen LogP) is 8.45. The van der Waals surface area contributed by atoms with Crippen molar-refractivity contribution < 1.29 is 9.90 Å². The quantitative estimate of drug-likeness (QED) is 0.262. The Morgan fingerprint density at radius 1 is 1.00 bits per heavy atom. The van der Waals surface area contributed by atoms with E-state index in [1.165, 1.54) is 42.4 Å². The highest BCUT2D eigenvalue weighted by Gasteiger charge is 2.39. The molecule has 0 saturated heterocycles. The topological polar surface area (TPSA) is 65.3 Å². The van der Waals surface area contributed by atoms with Crippen molar-refractivity contribution in [1.29, 1.82) is 0 Å². The first-order valence-corrected chi connectivity index (χ1v) is 14.7. The first kappa shape index (κ1) is 28.8. The molecule has 0 radical (unpaired) electrons. The van der Waals surface area contributed by atoms with Gasteiger partial charge in [0.15, 0.2) is 0 Å². The van der Waals surface area contributed by atoms with E-state index in [9.17, 15) is 4.79 Å². The van der Waals surface area contributed by atoms with Crippen LogP contribution in [0.15, 0.2) is 76.0 Å². The number of carboxylic acids is 1. The molecule has 5 heteroatoms.